The number of hydrogen-bond acceptors (Lipinski definition) is 3. The number of halogens is 1. The Morgan fingerprint density at radius 3 is 2.56 bits per heavy atom. The van der Waals surface area contributed by atoms with Gasteiger partial charge in [0, 0.05) is 24.8 Å². The third-order valence-electron chi connectivity index (χ3n) is 2.91. The quantitative estimate of drug-likeness (QED) is 0.619. The predicted molar refractivity (Wildman–Crippen MR) is 67.0 cm³/mol. The molecule has 1 aliphatic rings. The van der Waals surface area contributed by atoms with Gasteiger partial charge in [0.25, 0.3) is 5.69 Å². The summed E-state index contributed by atoms with van der Waals surface area (Å²) in [5, 5.41) is 10.9. The number of anilines is 1. The molecule has 0 aliphatic carbocycles. The van der Waals surface area contributed by atoms with E-state index in [1.807, 2.05) is 13.0 Å². The first-order chi connectivity index (χ1) is 7.59. The second-order valence-corrected chi connectivity index (χ2v) is 4.90. The molecule has 1 aliphatic heterocycles. The molecule has 0 amide bonds. The second-order valence-electron chi connectivity index (χ2n) is 4.04. The van der Waals surface area contributed by atoms with Crippen LogP contribution < -0.4 is 4.90 Å². The molecule has 0 bridgehead atoms. The molecular formula is C11H13BrN2O2. The monoisotopic (exact) mass is 284 g/mol. The van der Waals surface area contributed by atoms with Gasteiger partial charge in [0.1, 0.15) is 0 Å². The molecule has 1 aromatic carbocycles. The van der Waals surface area contributed by atoms with Gasteiger partial charge in [-0.3, -0.25) is 10.1 Å². The zero-order chi connectivity index (χ0) is 11.7. The van der Waals surface area contributed by atoms with Crippen LogP contribution in [0, 0.1) is 17.0 Å². The maximum absolute atomic E-state index is 10.9. The van der Waals surface area contributed by atoms with Crippen molar-refractivity contribution in [3.8, 4) is 0 Å². The maximum atomic E-state index is 10.9. The fraction of sp³-hybridized carbons (Fsp3) is 0.455. The number of nitro benzene ring substituents is 1. The fourth-order valence-electron chi connectivity index (χ4n) is 2.09. The highest BCUT2D eigenvalue weighted by Gasteiger charge is 2.20. The van der Waals surface area contributed by atoms with Crippen LogP contribution in [0.1, 0.15) is 18.4 Å². The molecule has 2 rings (SSSR count). The van der Waals surface area contributed by atoms with Gasteiger partial charge < -0.3 is 4.90 Å². The van der Waals surface area contributed by atoms with Crippen molar-refractivity contribution in [2.24, 2.45) is 0 Å². The van der Waals surface area contributed by atoms with E-state index < -0.39 is 0 Å². The van der Waals surface area contributed by atoms with Crippen LogP contribution in [0.4, 0.5) is 11.4 Å². The van der Waals surface area contributed by atoms with Crippen LogP contribution in [0.3, 0.4) is 0 Å². The highest BCUT2D eigenvalue weighted by atomic mass is 79.9. The Bertz CT molecular complexity index is 428. The van der Waals surface area contributed by atoms with Crippen LogP contribution >= 0.6 is 15.9 Å². The van der Waals surface area contributed by atoms with Crippen molar-refractivity contribution in [3.63, 3.8) is 0 Å². The molecule has 0 aromatic heterocycles. The molecule has 0 radical (unpaired) electrons. The zero-order valence-electron chi connectivity index (χ0n) is 9.07. The van der Waals surface area contributed by atoms with E-state index >= 15 is 0 Å². The molecule has 0 spiro atoms. The molecule has 86 valence electrons. The molecule has 0 atom stereocenters. The summed E-state index contributed by atoms with van der Waals surface area (Å²) in [5.74, 6) is 0. The van der Waals surface area contributed by atoms with Gasteiger partial charge in [-0.15, -0.1) is 0 Å². The highest BCUT2D eigenvalue weighted by molar-refractivity contribution is 9.10. The molecular weight excluding hydrogens is 272 g/mol. The van der Waals surface area contributed by atoms with E-state index in [0.717, 1.165) is 24.3 Å². The van der Waals surface area contributed by atoms with Gasteiger partial charge >= 0.3 is 0 Å². The zero-order valence-corrected chi connectivity index (χ0v) is 10.7. The van der Waals surface area contributed by atoms with Gasteiger partial charge in [-0.2, -0.15) is 0 Å². The van der Waals surface area contributed by atoms with Crippen molar-refractivity contribution >= 4 is 27.3 Å². The summed E-state index contributed by atoms with van der Waals surface area (Å²) in [6, 6.07) is 3.50. The summed E-state index contributed by atoms with van der Waals surface area (Å²) < 4.78 is 0.554. The number of rotatable bonds is 2. The Kier molecular flexibility index (Phi) is 3.14. The maximum Gasteiger partial charge on any atom is 0.285 e. The number of aryl methyl sites for hydroxylation is 1. The lowest BCUT2D eigenvalue weighted by atomic mass is 10.1. The van der Waals surface area contributed by atoms with Crippen molar-refractivity contribution in [3.05, 3.63) is 32.3 Å². The molecule has 16 heavy (non-hydrogen) atoms. The molecule has 1 saturated heterocycles. The van der Waals surface area contributed by atoms with E-state index in [4.69, 9.17) is 0 Å². The van der Waals surface area contributed by atoms with Gasteiger partial charge in [-0.1, -0.05) is 0 Å². The molecule has 5 heteroatoms. The van der Waals surface area contributed by atoms with Crippen molar-refractivity contribution in [1.82, 2.24) is 0 Å². The Hall–Kier alpha value is -1.10. The molecule has 1 heterocycles. The van der Waals surface area contributed by atoms with Gasteiger partial charge in [-0.05, 0) is 47.3 Å². The topological polar surface area (TPSA) is 46.4 Å². The molecule has 4 nitrogen and oxygen atoms in total. The van der Waals surface area contributed by atoms with E-state index in [2.05, 4.69) is 20.8 Å². The Morgan fingerprint density at radius 2 is 2.00 bits per heavy atom. The average molecular weight is 285 g/mol. The van der Waals surface area contributed by atoms with Gasteiger partial charge in [0.2, 0.25) is 0 Å². The third-order valence-corrected chi connectivity index (χ3v) is 3.54. The van der Waals surface area contributed by atoms with Crippen LogP contribution in [-0.2, 0) is 0 Å². The third kappa shape index (κ3) is 2.04. The summed E-state index contributed by atoms with van der Waals surface area (Å²) in [4.78, 5) is 12.7. The largest absolute Gasteiger partial charge is 0.371 e. The molecule has 0 unspecified atom stereocenters. The predicted octanol–water partition coefficient (Wildman–Crippen LogP) is 3.27. The smallest absolute Gasteiger partial charge is 0.285 e. The van der Waals surface area contributed by atoms with Crippen LogP contribution in [0.15, 0.2) is 16.6 Å². The minimum Gasteiger partial charge on any atom is -0.371 e. The SMILES string of the molecule is Cc1cc(Br)c([N+](=O)[O-])cc1N1CCCC1. The van der Waals surface area contributed by atoms with Crippen molar-refractivity contribution in [1.29, 1.82) is 0 Å². The summed E-state index contributed by atoms with van der Waals surface area (Å²) in [5.41, 5.74) is 2.22. The van der Waals surface area contributed by atoms with Crippen LogP contribution in [0.5, 0.6) is 0 Å². The first-order valence-electron chi connectivity index (χ1n) is 5.29. The lowest BCUT2D eigenvalue weighted by molar-refractivity contribution is -0.385. The van der Waals surface area contributed by atoms with Crippen LogP contribution in [0.25, 0.3) is 0 Å². The van der Waals surface area contributed by atoms with Gasteiger partial charge in [-0.25, -0.2) is 0 Å². The fourth-order valence-corrected chi connectivity index (χ4v) is 2.69. The van der Waals surface area contributed by atoms with E-state index in [1.165, 1.54) is 12.8 Å². The van der Waals surface area contributed by atoms with Crippen LogP contribution in [0.2, 0.25) is 0 Å². The first kappa shape index (κ1) is 11.4. The summed E-state index contributed by atoms with van der Waals surface area (Å²) in [6.07, 6.45) is 2.34. The Labute approximate surface area is 103 Å². The first-order valence-corrected chi connectivity index (χ1v) is 6.08. The molecule has 0 saturated carbocycles. The summed E-state index contributed by atoms with van der Waals surface area (Å²) in [6.45, 7) is 3.99. The van der Waals surface area contributed by atoms with Gasteiger partial charge in [0.05, 0.1) is 9.40 Å². The Balaban J connectivity index is 2.44. The van der Waals surface area contributed by atoms with E-state index in [-0.39, 0.29) is 10.6 Å². The number of nitrogens with zero attached hydrogens (tertiary/aromatic N) is 2. The van der Waals surface area contributed by atoms with E-state index in [0.29, 0.717) is 4.47 Å². The van der Waals surface area contributed by atoms with Crippen molar-refractivity contribution < 1.29 is 4.92 Å². The summed E-state index contributed by atoms with van der Waals surface area (Å²) in [7, 11) is 0. The average Bonchev–Trinajstić information content (AvgIpc) is 2.70. The van der Waals surface area contributed by atoms with E-state index in [1.54, 1.807) is 6.07 Å². The van der Waals surface area contributed by atoms with Crippen molar-refractivity contribution in [2.45, 2.75) is 19.8 Å². The summed E-state index contributed by atoms with van der Waals surface area (Å²) >= 11 is 3.23. The lowest BCUT2D eigenvalue weighted by Crippen LogP contribution is -2.18. The lowest BCUT2D eigenvalue weighted by Gasteiger charge is -2.20. The molecule has 1 fully saturated rings. The number of nitro groups is 1. The minimum atomic E-state index is -0.344. The van der Waals surface area contributed by atoms with E-state index in [9.17, 15) is 10.1 Å². The minimum absolute atomic E-state index is 0.146. The van der Waals surface area contributed by atoms with Crippen molar-refractivity contribution in [2.75, 3.05) is 18.0 Å². The number of benzene rings is 1. The van der Waals surface area contributed by atoms with Gasteiger partial charge in [0.15, 0.2) is 0 Å². The molecule has 1 aromatic rings. The molecule has 0 N–H and O–H groups in total. The van der Waals surface area contributed by atoms with Crippen LogP contribution in [-0.4, -0.2) is 18.0 Å². The normalized spacial score (nSPS) is 15.5. The highest BCUT2D eigenvalue weighted by Crippen LogP contribution is 2.34. The second kappa shape index (κ2) is 4.41. The Morgan fingerprint density at radius 1 is 1.38 bits per heavy atom. The number of hydrogen-bond donors (Lipinski definition) is 0. The standard InChI is InChI=1S/C11H13BrN2O2/c1-8-6-9(12)11(14(15)16)7-10(8)13-4-2-3-5-13/h6-7H,2-5H2,1H3.